The van der Waals surface area contributed by atoms with Crippen LogP contribution in [0, 0.1) is 0 Å². The molecule has 1 aromatic carbocycles. The van der Waals surface area contributed by atoms with Crippen LogP contribution < -0.4 is 5.32 Å². The molecule has 0 aliphatic carbocycles. The number of halogens is 1. The van der Waals surface area contributed by atoms with Crippen LogP contribution in [0.5, 0.6) is 0 Å². The van der Waals surface area contributed by atoms with Crippen molar-refractivity contribution in [1.29, 1.82) is 0 Å². The van der Waals surface area contributed by atoms with Crippen LogP contribution in [-0.2, 0) is 16.1 Å². The molecule has 1 heterocycles. The molecule has 0 saturated carbocycles. The summed E-state index contributed by atoms with van der Waals surface area (Å²) >= 11 is 5.96. The van der Waals surface area contributed by atoms with Crippen LogP contribution in [0.2, 0.25) is 5.02 Å². The third kappa shape index (κ3) is 3.30. The van der Waals surface area contributed by atoms with E-state index in [0.717, 1.165) is 10.9 Å². The highest BCUT2D eigenvalue weighted by atomic mass is 35.5. The normalized spacial score (nSPS) is 12.3. The van der Waals surface area contributed by atoms with Gasteiger partial charge in [0.2, 0.25) is 5.91 Å². The van der Waals surface area contributed by atoms with Crippen LogP contribution in [0.4, 0.5) is 0 Å². The zero-order chi connectivity index (χ0) is 14.7. The lowest BCUT2D eigenvalue weighted by atomic mass is 10.2. The molecule has 2 rings (SSSR count). The number of carboxylic acids is 1. The molecule has 0 spiro atoms. The molecule has 0 saturated heterocycles. The molecule has 5 nitrogen and oxygen atoms in total. The number of hydrogen-bond donors (Lipinski definition) is 2. The summed E-state index contributed by atoms with van der Waals surface area (Å²) in [4.78, 5) is 22.3. The summed E-state index contributed by atoms with van der Waals surface area (Å²) in [6.45, 7) is 1.91. The van der Waals surface area contributed by atoms with Gasteiger partial charge in [-0.2, -0.15) is 0 Å². The lowest BCUT2D eigenvalue weighted by Crippen LogP contribution is -2.38. The zero-order valence-corrected chi connectivity index (χ0v) is 11.7. The molecule has 1 aromatic heterocycles. The molecular weight excluding hydrogens is 280 g/mol. The fourth-order valence-electron chi connectivity index (χ4n) is 1.95. The Morgan fingerprint density at radius 3 is 2.85 bits per heavy atom. The average Bonchev–Trinajstić information content (AvgIpc) is 2.78. The first kappa shape index (κ1) is 14.4. The molecule has 1 atom stereocenters. The second-order valence-electron chi connectivity index (χ2n) is 4.59. The van der Waals surface area contributed by atoms with E-state index in [2.05, 4.69) is 5.32 Å². The fraction of sp³-hybridized carbons (Fsp3) is 0.286. The molecule has 2 N–H and O–H groups in total. The predicted molar refractivity (Wildman–Crippen MR) is 76.8 cm³/mol. The van der Waals surface area contributed by atoms with Crippen molar-refractivity contribution >= 4 is 34.4 Å². The largest absolute Gasteiger partial charge is 0.480 e. The predicted octanol–water partition coefficient (Wildman–Crippen LogP) is 2.27. The summed E-state index contributed by atoms with van der Waals surface area (Å²) in [5.41, 5.74) is 0.955. The minimum Gasteiger partial charge on any atom is -0.480 e. The number of rotatable bonds is 5. The SMILES string of the molecule is C[C@@H](NC(=O)CCn1ccc2ccc(Cl)cc21)C(=O)O. The number of carbonyl (C=O) groups excluding carboxylic acids is 1. The van der Waals surface area contributed by atoms with Crippen molar-refractivity contribution < 1.29 is 14.7 Å². The lowest BCUT2D eigenvalue weighted by molar-refractivity contribution is -0.141. The number of benzene rings is 1. The standard InChI is InChI=1S/C14H15ClN2O3/c1-9(14(19)20)16-13(18)5-7-17-6-4-10-2-3-11(15)8-12(10)17/h2-4,6,8-9H,5,7H2,1H3,(H,16,18)(H,19,20)/t9-/m1/s1. The van der Waals surface area contributed by atoms with E-state index in [1.807, 2.05) is 35.0 Å². The van der Waals surface area contributed by atoms with Gasteiger partial charge in [0.1, 0.15) is 6.04 Å². The van der Waals surface area contributed by atoms with Crippen molar-refractivity contribution in [2.45, 2.75) is 25.9 Å². The van der Waals surface area contributed by atoms with Gasteiger partial charge in [-0.05, 0) is 30.5 Å². The van der Waals surface area contributed by atoms with Crippen LogP contribution in [0.1, 0.15) is 13.3 Å². The summed E-state index contributed by atoms with van der Waals surface area (Å²) in [6.07, 6.45) is 2.10. The maximum Gasteiger partial charge on any atom is 0.325 e. The maximum absolute atomic E-state index is 11.6. The Labute approximate surface area is 121 Å². The number of amides is 1. The van der Waals surface area contributed by atoms with Gasteiger partial charge in [-0.1, -0.05) is 17.7 Å². The van der Waals surface area contributed by atoms with Gasteiger partial charge >= 0.3 is 5.97 Å². The average molecular weight is 295 g/mol. The highest BCUT2D eigenvalue weighted by molar-refractivity contribution is 6.31. The Bertz CT molecular complexity index is 651. The number of carboxylic acid groups (broad SMARTS) is 1. The van der Waals surface area contributed by atoms with Crippen LogP contribution in [0.15, 0.2) is 30.5 Å². The van der Waals surface area contributed by atoms with Crippen LogP contribution in [0.3, 0.4) is 0 Å². The van der Waals surface area contributed by atoms with E-state index in [0.29, 0.717) is 11.6 Å². The summed E-state index contributed by atoms with van der Waals surface area (Å²) in [6, 6.07) is 6.65. The topological polar surface area (TPSA) is 71.3 Å². The van der Waals surface area contributed by atoms with Crippen LogP contribution in [-0.4, -0.2) is 27.6 Å². The highest BCUT2D eigenvalue weighted by Gasteiger charge is 2.13. The molecule has 0 aliphatic heterocycles. The van der Waals surface area contributed by atoms with Crippen molar-refractivity contribution in [3.63, 3.8) is 0 Å². The quantitative estimate of drug-likeness (QED) is 0.888. The van der Waals surface area contributed by atoms with Gasteiger partial charge in [-0.3, -0.25) is 9.59 Å². The van der Waals surface area contributed by atoms with E-state index < -0.39 is 12.0 Å². The van der Waals surface area contributed by atoms with Crippen molar-refractivity contribution in [1.82, 2.24) is 9.88 Å². The molecule has 2 aromatic rings. The molecule has 1 amide bonds. The lowest BCUT2D eigenvalue weighted by Gasteiger charge is -2.10. The Kier molecular flexibility index (Phi) is 4.29. The second kappa shape index (κ2) is 5.96. The molecule has 0 fully saturated rings. The summed E-state index contributed by atoms with van der Waals surface area (Å²) in [5, 5.41) is 12.8. The van der Waals surface area contributed by atoms with Crippen molar-refractivity contribution in [2.75, 3.05) is 0 Å². The minimum absolute atomic E-state index is 0.216. The Hall–Kier alpha value is -2.01. The molecule has 0 unspecified atom stereocenters. The molecule has 0 bridgehead atoms. The highest BCUT2D eigenvalue weighted by Crippen LogP contribution is 2.20. The van der Waals surface area contributed by atoms with Gasteiger partial charge in [-0.25, -0.2) is 0 Å². The third-order valence-corrected chi connectivity index (χ3v) is 3.30. The van der Waals surface area contributed by atoms with Crippen molar-refractivity contribution in [2.24, 2.45) is 0 Å². The number of aryl methyl sites for hydroxylation is 1. The van der Waals surface area contributed by atoms with E-state index in [1.165, 1.54) is 6.92 Å². The number of aliphatic carboxylic acids is 1. The molecule has 20 heavy (non-hydrogen) atoms. The van der Waals surface area contributed by atoms with Gasteiger partial charge < -0.3 is 15.0 Å². The smallest absolute Gasteiger partial charge is 0.325 e. The first-order valence-electron chi connectivity index (χ1n) is 6.24. The van der Waals surface area contributed by atoms with Crippen LogP contribution >= 0.6 is 11.6 Å². The molecule has 6 heteroatoms. The second-order valence-corrected chi connectivity index (χ2v) is 5.03. The molecule has 0 radical (unpaired) electrons. The number of nitrogens with one attached hydrogen (secondary N) is 1. The first-order valence-corrected chi connectivity index (χ1v) is 6.62. The number of nitrogens with zero attached hydrogens (tertiary/aromatic N) is 1. The third-order valence-electron chi connectivity index (χ3n) is 3.06. The number of aromatic nitrogens is 1. The molecule has 106 valence electrons. The van der Waals surface area contributed by atoms with E-state index in [-0.39, 0.29) is 12.3 Å². The minimum atomic E-state index is -1.04. The number of carbonyl (C=O) groups is 2. The van der Waals surface area contributed by atoms with Crippen molar-refractivity contribution in [3.05, 3.63) is 35.5 Å². The first-order chi connectivity index (χ1) is 9.47. The summed E-state index contributed by atoms with van der Waals surface area (Å²) in [5.74, 6) is -1.33. The number of fused-ring (bicyclic) bond motifs is 1. The molecular formula is C14H15ClN2O3. The maximum atomic E-state index is 11.6. The summed E-state index contributed by atoms with van der Waals surface area (Å²) < 4.78 is 1.92. The van der Waals surface area contributed by atoms with E-state index in [9.17, 15) is 9.59 Å². The van der Waals surface area contributed by atoms with Gasteiger partial charge in [-0.15, -0.1) is 0 Å². The summed E-state index contributed by atoms with van der Waals surface area (Å²) in [7, 11) is 0. The number of hydrogen-bond acceptors (Lipinski definition) is 2. The van der Waals surface area contributed by atoms with Gasteiger partial charge in [0.25, 0.3) is 0 Å². The van der Waals surface area contributed by atoms with Crippen molar-refractivity contribution in [3.8, 4) is 0 Å². The van der Waals surface area contributed by atoms with Crippen LogP contribution in [0.25, 0.3) is 10.9 Å². The monoisotopic (exact) mass is 294 g/mol. The van der Waals surface area contributed by atoms with Gasteiger partial charge in [0, 0.05) is 29.7 Å². The molecule has 0 aliphatic rings. The van der Waals surface area contributed by atoms with Gasteiger partial charge in [0.15, 0.2) is 0 Å². The Morgan fingerprint density at radius 1 is 1.40 bits per heavy atom. The Morgan fingerprint density at radius 2 is 2.15 bits per heavy atom. The fourth-order valence-corrected chi connectivity index (χ4v) is 2.12. The van der Waals surface area contributed by atoms with E-state index in [4.69, 9.17) is 16.7 Å². The zero-order valence-electron chi connectivity index (χ0n) is 11.0. The van der Waals surface area contributed by atoms with E-state index in [1.54, 1.807) is 0 Å². The van der Waals surface area contributed by atoms with E-state index >= 15 is 0 Å². The Balaban J connectivity index is 2.01. The van der Waals surface area contributed by atoms with Gasteiger partial charge in [0.05, 0.1) is 0 Å².